The van der Waals surface area contributed by atoms with Crippen molar-refractivity contribution in [2.45, 2.75) is 26.3 Å². The van der Waals surface area contributed by atoms with Gasteiger partial charge in [-0.2, -0.15) is 0 Å². The van der Waals surface area contributed by atoms with Gasteiger partial charge in [-0.25, -0.2) is 0 Å². The third kappa shape index (κ3) is 4.24. The van der Waals surface area contributed by atoms with Crippen LogP contribution in [0.3, 0.4) is 0 Å². The molecule has 0 fully saturated rings. The molecule has 5 nitrogen and oxygen atoms in total. The van der Waals surface area contributed by atoms with Crippen LogP contribution in [0.4, 0.5) is 0 Å². The lowest BCUT2D eigenvalue weighted by Crippen LogP contribution is -2.28. The Kier molecular flexibility index (Phi) is 6.28. The Morgan fingerprint density at radius 1 is 0.960 bits per heavy atom. The molecule has 0 unspecified atom stereocenters. The Bertz CT molecular complexity index is 742. The van der Waals surface area contributed by atoms with Crippen LogP contribution >= 0.6 is 0 Å². The summed E-state index contributed by atoms with van der Waals surface area (Å²) in [6.07, 6.45) is 0.760. The molecule has 0 bridgehead atoms. The molecule has 2 rings (SSSR count). The molecule has 0 saturated carbocycles. The van der Waals surface area contributed by atoms with Gasteiger partial charge in [-0.05, 0) is 54.8 Å². The van der Waals surface area contributed by atoms with Crippen LogP contribution in [0.5, 0.6) is 17.2 Å². The molecule has 134 valence electrons. The number of methoxy groups -OCH3 is 3. The summed E-state index contributed by atoms with van der Waals surface area (Å²) >= 11 is 0. The molecule has 0 heterocycles. The molecule has 5 heteroatoms. The number of carbonyl (C=O) groups excluding carboxylic acids is 1. The van der Waals surface area contributed by atoms with Crippen LogP contribution in [0.25, 0.3) is 0 Å². The van der Waals surface area contributed by atoms with Gasteiger partial charge in [0.2, 0.25) is 0 Å². The van der Waals surface area contributed by atoms with Crippen LogP contribution in [0.2, 0.25) is 0 Å². The molecule has 2 aromatic carbocycles. The Balaban J connectivity index is 2.21. The summed E-state index contributed by atoms with van der Waals surface area (Å²) in [6.45, 7) is 3.95. The van der Waals surface area contributed by atoms with Crippen LogP contribution < -0.4 is 19.5 Å². The molecule has 0 aliphatic carbocycles. The minimum absolute atomic E-state index is 0.116. The van der Waals surface area contributed by atoms with E-state index in [1.165, 1.54) is 0 Å². The van der Waals surface area contributed by atoms with Gasteiger partial charge in [0, 0.05) is 5.56 Å². The van der Waals surface area contributed by atoms with E-state index in [1.807, 2.05) is 44.2 Å². The SMILES string of the molecule is CC[C@@H](NC(=O)c1ccc(OC)c(C)c1)c1ccc(OC)c(OC)c1. The van der Waals surface area contributed by atoms with Gasteiger partial charge >= 0.3 is 0 Å². The van der Waals surface area contributed by atoms with Crippen molar-refractivity contribution in [3.63, 3.8) is 0 Å². The zero-order chi connectivity index (χ0) is 18.4. The smallest absolute Gasteiger partial charge is 0.251 e. The molecule has 0 radical (unpaired) electrons. The number of nitrogens with one attached hydrogen (secondary N) is 1. The lowest BCUT2D eigenvalue weighted by molar-refractivity contribution is 0.0935. The third-order valence-electron chi connectivity index (χ3n) is 4.18. The number of carbonyl (C=O) groups is 1. The number of ether oxygens (including phenoxy) is 3. The first kappa shape index (κ1) is 18.6. The number of aryl methyl sites for hydroxylation is 1. The molecule has 2 aromatic rings. The second-order valence-corrected chi connectivity index (χ2v) is 5.73. The predicted molar refractivity (Wildman–Crippen MR) is 97.8 cm³/mol. The van der Waals surface area contributed by atoms with Gasteiger partial charge in [0.1, 0.15) is 5.75 Å². The standard InChI is InChI=1S/C20H25NO4/c1-6-16(14-7-10-18(24-4)19(12-14)25-5)21-20(22)15-8-9-17(23-3)13(2)11-15/h7-12,16H,6H2,1-5H3,(H,21,22)/t16-/m1/s1. The number of hydrogen-bond donors (Lipinski definition) is 1. The minimum Gasteiger partial charge on any atom is -0.496 e. The maximum absolute atomic E-state index is 12.6. The molecular formula is C20H25NO4. The highest BCUT2D eigenvalue weighted by molar-refractivity contribution is 5.94. The van der Waals surface area contributed by atoms with Crippen LogP contribution in [0.15, 0.2) is 36.4 Å². The van der Waals surface area contributed by atoms with E-state index in [-0.39, 0.29) is 11.9 Å². The largest absolute Gasteiger partial charge is 0.496 e. The van der Waals surface area contributed by atoms with Crippen LogP contribution in [-0.4, -0.2) is 27.2 Å². The summed E-state index contributed by atoms with van der Waals surface area (Å²) in [4.78, 5) is 12.6. The van der Waals surface area contributed by atoms with Crippen LogP contribution in [-0.2, 0) is 0 Å². The second kappa shape index (κ2) is 8.42. The molecule has 1 N–H and O–H groups in total. The zero-order valence-electron chi connectivity index (χ0n) is 15.4. The monoisotopic (exact) mass is 343 g/mol. The van der Waals surface area contributed by atoms with Crippen molar-refractivity contribution < 1.29 is 19.0 Å². The Morgan fingerprint density at radius 2 is 1.60 bits per heavy atom. The van der Waals surface area contributed by atoms with E-state index in [0.717, 1.165) is 23.3 Å². The van der Waals surface area contributed by atoms with E-state index in [4.69, 9.17) is 14.2 Å². The molecule has 0 aliphatic heterocycles. The first-order valence-corrected chi connectivity index (χ1v) is 8.21. The van der Waals surface area contributed by atoms with E-state index >= 15 is 0 Å². The molecular weight excluding hydrogens is 318 g/mol. The van der Waals surface area contributed by atoms with Gasteiger partial charge < -0.3 is 19.5 Å². The Labute approximate surface area is 148 Å². The normalized spacial score (nSPS) is 11.6. The highest BCUT2D eigenvalue weighted by atomic mass is 16.5. The highest BCUT2D eigenvalue weighted by Crippen LogP contribution is 2.31. The first-order valence-electron chi connectivity index (χ1n) is 8.21. The predicted octanol–water partition coefficient (Wildman–Crippen LogP) is 3.90. The number of rotatable bonds is 7. The molecule has 0 spiro atoms. The van der Waals surface area contributed by atoms with Crippen molar-refractivity contribution in [2.24, 2.45) is 0 Å². The van der Waals surface area contributed by atoms with Crippen LogP contribution in [0, 0.1) is 6.92 Å². The van der Waals surface area contributed by atoms with Crippen molar-refractivity contribution in [3.8, 4) is 17.2 Å². The van der Waals surface area contributed by atoms with Crippen molar-refractivity contribution in [2.75, 3.05) is 21.3 Å². The average Bonchev–Trinajstić information content (AvgIpc) is 2.65. The molecule has 0 aliphatic rings. The van der Waals surface area contributed by atoms with Gasteiger partial charge in [-0.1, -0.05) is 13.0 Å². The summed E-state index contributed by atoms with van der Waals surface area (Å²) in [6, 6.07) is 11.0. The maximum Gasteiger partial charge on any atom is 0.251 e. The highest BCUT2D eigenvalue weighted by Gasteiger charge is 2.17. The topological polar surface area (TPSA) is 56.8 Å². The average molecular weight is 343 g/mol. The number of hydrogen-bond acceptors (Lipinski definition) is 4. The van der Waals surface area contributed by atoms with Crippen molar-refractivity contribution in [1.29, 1.82) is 0 Å². The zero-order valence-corrected chi connectivity index (χ0v) is 15.4. The maximum atomic E-state index is 12.6. The summed E-state index contributed by atoms with van der Waals surface area (Å²) in [5.41, 5.74) is 2.50. The number of benzene rings is 2. The van der Waals surface area contributed by atoms with Gasteiger partial charge in [0.25, 0.3) is 5.91 Å². The lowest BCUT2D eigenvalue weighted by Gasteiger charge is -2.19. The summed E-state index contributed by atoms with van der Waals surface area (Å²) in [5.74, 6) is 1.96. The molecule has 0 saturated heterocycles. The number of amides is 1. The van der Waals surface area contributed by atoms with E-state index < -0.39 is 0 Å². The fourth-order valence-corrected chi connectivity index (χ4v) is 2.75. The van der Waals surface area contributed by atoms with Gasteiger partial charge in [0.05, 0.1) is 27.4 Å². The van der Waals surface area contributed by atoms with Gasteiger partial charge in [-0.15, -0.1) is 0 Å². The fraction of sp³-hybridized carbons (Fsp3) is 0.350. The third-order valence-corrected chi connectivity index (χ3v) is 4.18. The van der Waals surface area contributed by atoms with Crippen molar-refractivity contribution in [3.05, 3.63) is 53.1 Å². The summed E-state index contributed by atoms with van der Waals surface area (Å²) in [7, 11) is 4.82. The van der Waals surface area contributed by atoms with Gasteiger partial charge in [0.15, 0.2) is 11.5 Å². The van der Waals surface area contributed by atoms with E-state index in [2.05, 4.69) is 5.32 Å². The fourth-order valence-electron chi connectivity index (χ4n) is 2.75. The quantitative estimate of drug-likeness (QED) is 0.828. The minimum atomic E-state index is -0.118. The van der Waals surface area contributed by atoms with E-state index in [1.54, 1.807) is 27.4 Å². The van der Waals surface area contributed by atoms with Gasteiger partial charge in [-0.3, -0.25) is 4.79 Å². The molecule has 25 heavy (non-hydrogen) atoms. The first-order chi connectivity index (χ1) is 12.0. The Morgan fingerprint density at radius 3 is 2.16 bits per heavy atom. The van der Waals surface area contributed by atoms with E-state index in [0.29, 0.717) is 17.1 Å². The van der Waals surface area contributed by atoms with E-state index in [9.17, 15) is 4.79 Å². The molecule has 1 amide bonds. The Hall–Kier alpha value is -2.69. The molecule has 0 aromatic heterocycles. The van der Waals surface area contributed by atoms with Crippen molar-refractivity contribution >= 4 is 5.91 Å². The molecule has 1 atom stereocenters. The second-order valence-electron chi connectivity index (χ2n) is 5.73. The lowest BCUT2D eigenvalue weighted by atomic mass is 10.0. The summed E-state index contributed by atoms with van der Waals surface area (Å²) in [5, 5.41) is 3.08. The van der Waals surface area contributed by atoms with Crippen molar-refractivity contribution in [1.82, 2.24) is 5.32 Å². The summed E-state index contributed by atoms with van der Waals surface area (Å²) < 4.78 is 15.9. The van der Waals surface area contributed by atoms with Crippen LogP contribution in [0.1, 0.15) is 40.9 Å².